The lowest BCUT2D eigenvalue weighted by Crippen LogP contribution is -2.17. The average molecular weight is 359 g/mol. The molecule has 0 amide bonds. The number of hydrogen-bond acceptors (Lipinski definition) is 2. The van der Waals surface area contributed by atoms with Crippen LogP contribution in [-0.4, -0.2) is 6.04 Å². The fourth-order valence-corrected chi connectivity index (χ4v) is 2.57. The molecule has 0 fully saturated rings. The maximum Gasteiger partial charge on any atom is 0.165 e. The normalized spacial score (nSPS) is 12.2. The summed E-state index contributed by atoms with van der Waals surface area (Å²) in [5, 5.41) is 0.581. The molecule has 0 spiro atoms. The van der Waals surface area contributed by atoms with Crippen molar-refractivity contribution in [2.75, 3.05) is 0 Å². The van der Waals surface area contributed by atoms with Crippen molar-refractivity contribution in [2.45, 2.75) is 19.4 Å². The quantitative estimate of drug-likeness (QED) is 0.841. The summed E-state index contributed by atoms with van der Waals surface area (Å²) in [6.07, 6.45) is 0.627. The van der Waals surface area contributed by atoms with E-state index in [1.807, 2.05) is 13.0 Å². The summed E-state index contributed by atoms with van der Waals surface area (Å²) >= 11 is 9.18. The third kappa shape index (κ3) is 3.95. The first-order chi connectivity index (χ1) is 9.45. The van der Waals surface area contributed by atoms with E-state index in [4.69, 9.17) is 22.1 Å². The third-order valence-electron chi connectivity index (χ3n) is 2.67. The van der Waals surface area contributed by atoms with E-state index in [2.05, 4.69) is 15.9 Å². The van der Waals surface area contributed by atoms with Crippen LogP contribution in [0.25, 0.3) is 0 Å². The maximum atomic E-state index is 14.0. The lowest BCUT2D eigenvalue weighted by molar-refractivity contribution is 0.439. The van der Waals surface area contributed by atoms with Crippen molar-refractivity contribution in [1.82, 2.24) is 0 Å². The van der Waals surface area contributed by atoms with Crippen LogP contribution in [-0.2, 0) is 6.42 Å². The van der Waals surface area contributed by atoms with Gasteiger partial charge < -0.3 is 10.5 Å². The van der Waals surface area contributed by atoms with Gasteiger partial charge in [-0.2, -0.15) is 0 Å². The molecular formula is C15H14BrClFNO. The lowest BCUT2D eigenvalue weighted by atomic mass is 10.1. The Kier molecular flexibility index (Phi) is 5.02. The van der Waals surface area contributed by atoms with E-state index in [9.17, 15) is 4.39 Å². The van der Waals surface area contributed by atoms with Gasteiger partial charge in [-0.15, -0.1) is 0 Å². The summed E-state index contributed by atoms with van der Waals surface area (Å²) in [5.74, 6) is 0.264. The molecule has 0 aromatic heterocycles. The van der Waals surface area contributed by atoms with Gasteiger partial charge in [-0.25, -0.2) is 4.39 Å². The van der Waals surface area contributed by atoms with Crippen LogP contribution in [0.2, 0.25) is 5.02 Å². The maximum absolute atomic E-state index is 14.0. The molecule has 0 saturated carbocycles. The van der Waals surface area contributed by atoms with Crippen molar-refractivity contribution in [3.8, 4) is 11.5 Å². The molecule has 2 rings (SSSR count). The van der Waals surface area contributed by atoms with E-state index in [1.165, 1.54) is 6.07 Å². The molecule has 2 aromatic carbocycles. The van der Waals surface area contributed by atoms with Crippen LogP contribution >= 0.6 is 27.5 Å². The van der Waals surface area contributed by atoms with Gasteiger partial charge in [-0.3, -0.25) is 0 Å². The molecule has 2 aromatic rings. The first-order valence-electron chi connectivity index (χ1n) is 6.12. The van der Waals surface area contributed by atoms with Crippen LogP contribution in [0.1, 0.15) is 12.5 Å². The molecule has 0 aliphatic rings. The molecule has 0 radical (unpaired) electrons. The van der Waals surface area contributed by atoms with Crippen molar-refractivity contribution in [1.29, 1.82) is 0 Å². The zero-order valence-corrected chi connectivity index (χ0v) is 13.2. The number of ether oxygens (including phenoxy) is 1. The van der Waals surface area contributed by atoms with E-state index in [0.29, 0.717) is 21.7 Å². The molecule has 0 aliphatic heterocycles. The van der Waals surface area contributed by atoms with Gasteiger partial charge in [0.15, 0.2) is 11.6 Å². The van der Waals surface area contributed by atoms with E-state index in [-0.39, 0.29) is 11.8 Å². The van der Waals surface area contributed by atoms with Crippen LogP contribution in [0.15, 0.2) is 40.9 Å². The standard InChI is InChI=1S/C15H14BrClFNO/c1-9(19)6-10-2-4-15(13(18)7-10)20-14-5-3-11(17)8-12(14)16/h2-5,7-9H,6,19H2,1H3. The fourth-order valence-electron chi connectivity index (χ4n) is 1.80. The minimum absolute atomic E-state index is 0.00780. The van der Waals surface area contributed by atoms with Crippen LogP contribution < -0.4 is 10.5 Å². The molecular weight excluding hydrogens is 345 g/mol. The van der Waals surface area contributed by atoms with E-state index < -0.39 is 5.82 Å². The number of hydrogen-bond donors (Lipinski definition) is 1. The van der Waals surface area contributed by atoms with E-state index in [0.717, 1.165) is 5.56 Å². The first-order valence-corrected chi connectivity index (χ1v) is 7.29. The second-order valence-electron chi connectivity index (χ2n) is 4.62. The Balaban J connectivity index is 2.21. The Morgan fingerprint density at radius 3 is 2.55 bits per heavy atom. The highest BCUT2D eigenvalue weighted by Crippen LogP contribution is 2.33. The van der Waals surface area contributed by atoms with Gasteiger partial charge in [0.1, 0.15) is 5.75 Å². The zero-order valence-electron chi connectivity index (χ0n) is 10.9. The topological polar surface area (TPSA) is 35.2 Å². The Bertz CT molecular complexity index is 619. The van der Waals surface area contributed by atoms with Crippen molar-refractivity contribution >= 4 is 27.5 Å². The second kappa shape index (κ2) is 6.57. The minimum Gasteiger partial charge on any atom is -0.453 e. The van der Waals surface area contributed by atoms with Gasteiger partial charge in [0.2, 0.25) is 0 Å². The summed E-state index contributed by atoms with van der Waals surface area (Å²) in [7, 11) is 0. The average Bonchev–Trinajstić information content (AvgIpc) is 2.34. The second-order valence-corrected chi connectivity index (χ2v) is 5.91. The summed E-state index contributed by atoms with van der Waals surface area (Å²) in [6, 6.07) is 9.92. The SMILES string of the molecule is CC(N)Cc1ccc(Oc2ccc(Cl)cc2Br)c(F)c1. The highest BCUT2D eigenvalue weighted by Gasteiger charge is 2.09. The zero-order chi connectivity index (χ0) is 14.7. The summed E-state index contributed by atoms with van der Waals surface area (Å²) in [4.78, 5) is 0. The van der Waals surface area contributed by atoms with E-state index in [1.54, 1.807) is 24.3 Å². The predicted octanol–water partition coefficient (Wildman–Crippen LogP) is 4.92. The van der Waals surface area contributed by atoms with Crippen LogP contribution in [0.3, 0.4) is 0 Å². The molecule has 0 bridgehead atoms. The largest absolute Gasteiger partial charge is 0.453 e. The van der Waals surface area contributed by atoms with E-state index >= 15 is 0 Å². The number of halogens is 3. The van der Waals surface area contributed by atoms with Gasteiger partial charge in [0.25, 0.3) is 0 Å². The molecule has 5 heteroatoms. The Labute approximate surface area is 130 Å². The molecule has 0 saturated heterocycles. The van der Waals surface area contributed by atoms with Crippen LogP contribution in [0.4, 0.5) is 4.39 Å². The molecule has 20 heavy (non-hydrogen) atoms. The molecule has 0 aliphatic carbocycles. The number of rotatable bonds is 4. The molecule has 2 nitrogen and oxygen atoms in total. The molecule has 1 unspecified atom stereocenters. The molecule has 106 valence electrons. The monoisotopic (exact) mass is 357 g/mol. The predicted molar refractivity (Wildman–Crippen MR) is 83.0 cm³/mol. The van der Waals surface area contributed by atoms with Gasteiger partial charge in [-0.05, 0) is 65.2 Å². The third-order valence-corrected chi connectivity index (χ3v) is 3.52. The fraction of sp³-hybridized carbons (Fsp3) is 0.200. The van der Waals surface area contributed by atoms with Crippen LogP contribution in [0.5, 0.6) is 11.5 Å². The summed E-state index contributed by atoms with van der Waals surface area (Å²) < 4.78 is 20.2. The van der Waals surface area contributed by atoms with Gasteiger partial charge in [0.05, 0.1) is 4.47 Å². The Morgan fingerprint density at radius 1 is 1.25 bits per heavy atom. The molecule has 2 N–H and O–H groups in total. The smallest absolute Gasteiger partial charge is 0.165 e. The van der Waals surface area contributed by atoms with Crippen molar-refractivity contribution < 1.29 is 9.13 Å². The minimum atomic E-state index is -0.412. The summed E-state index contributed by atoms with van der Waals surface area (Å²) in [5.41, 5.74) is 6.54. The number of benzene rings is 2. The highest BCUT2D eigenvalue weighted by atomic mass is 79.9. The van der Waals surface area contributed by atoms with Gasteiger partial charge in [-0.1, -0.05) is 17.7 Å². The van der Waals surface area contributed by atoms with Crippen molar-refractivity contribution in [2.24, 2.45) is 5.73 Å². The Morgan fingerprint density at radius 2 is 1.95 bits per heavy atom. The molecule has 1 atom stereocenters. The first kappa shape index (κ1) is 15.3. The Hall–Kier alpha value is -1.10. The van der Waals surface area contributed by atoms with Gasteiger partial charge >= 0.3 is 0 Å². The van der Waals surface area contributed by atoms with Crippen molar-refractivity contribution in [3.63, 3.8) is 0 Å². The lowest BCUT2D eigenvalue weighted by Gasteiger charge is -2.11. The van der Waals surface area contributed by atoms with Crippen LogP contribution in [0, 0.1) is 5.82 Å². The highest BCUT2D eigenvalue weighted by molar-refractivity contribution is 9.10. The van der Waals surface area contributed by atoms with Gasteiger partial charge in [0, 0.05) is 11.1 Å². The number of nitrogens with two attached hydrogens (primary N) is 1. The molecule has 0 heterocycles. The summed E-state index contributed by atoms with van der Waals surface area (Å²) in [6.45, 7) is 1.88. The van der Waals surface area contributed by atoms with Crippen molar-refractivity contribution in [3.05, 3.63) is 57.3 Å².